The molecule has 0 saturated heterocycles. The second-order valence-corrected chi connectivity index (χ2v) is 9.96. The van der Waals surface area contributed by atoms with Crippen LogP contribution in [0.25, 0.3) is 0 Å². The Labute approximate surface area is 237 Å². The summed E-state index contributed by atoms with van der Waals surface area (Å²) in [5, 5.41) is 9.24. The average Bonchev–Trinajstić information content (AvgIpc) is 2.87. The SMILES string of the molecule is COc1cc(/C=N\NC(=O)C(=O)Nc2c(C)cccc2C)cc(Br)c1OCC(=O)Nc1ccc(Br)c(C)c1. The van der Waals surface area contributed by atoms with Crippen LogP contribution >= 0.6 is 31.9 Å². The Kier molecular flexibility index (Phi) is 10.0. The largest absolute Gasteiger partial charge is 0.493 e. The molecule has 3 N–H and O–H groups in total. The summed E-state index contributed by atoms with van der Waals surface area (Å²) in [6.07, 6.45) is 1.35. The van der Waals surface area contributed by atoms with E-state index in [1.54, 1.807) is 18.2 Å². The van der Waals surface area contributed by atoms with Crippen molar-refractivity contribution in [2.24, 2.45) is 5.10 Å². The fourth-order valence-corrected chi connectivity index (χ4v) is 4.23. The van der Waals surface area contributed by atoms with Crippen LogP contribution < -0.4 is 25.5 Å². The van der Waals surface area contributed by atoms with E-state index in [0.717, 1.165) is 21.2 Å². The Bertz CT molecular complexity index is 1390. The number of nitrogens with zero attached hydrogens (tertiary/aromatic N) is 1. The normalized spacial score (nSPS) is 10.7. The lowest BCUT2D eigenvalue weighted by molar-refractivity contribution is -0.136. The van der Waals surface area contributed by atoms with E-state index in [2.05, 4.69) is 53.0 Å². The summed E-state index contributed by atoms with van der Waals surface area (Å²) in [5.74, 6) is -1.43. The van der Waals surface area contributed by atoms with Crippen LogP contribution in [0.5, 0.6) is 11.5 Å². The molecule has 0 spiro atoms. The molecule has 198 valence electrons. The standard InChI is InChI=1S/C27H26Br2N4O5/c1-15-6-5-7-16(2)24(15)32-26(35)27(36)33-30-13-18-11-21(29)25(22(12-18)37-4)38-14-23(34)31-19-8-9-20(28)17(3)10-19/h5-13H,14H2,1-4H3,(H,31,34)(H,32,35)(H,33,36)/b30-13-. The summed E-state index contributed by atoms with van der Waals surface area (Å²) in [6.45, 7) is 5.36. The molecule has 3 rings (SSSR count). The maximum absolute atomic E-state index is 12.4. The molecule has 0 saturated carbocycles. The molecule has 0 aliphatic carbocycles. The van der Waals surface area contributed by atoms with E-state index in [1.165, 1.54) is 13.3 Å². The van der Waals surface area contributed by atoms with E-state index in [-0.39, 0.29) is 12.5 Å². The van der Waals surface area contributed by atoms with E-state index in [4.69, 9.17) is 9.47 Å². The van der Waals surface area contributed by atoms with E-state index in [1.807, 2.05) is 51.1 Å². The highest BCUT2D eigenvalue weighted by atomic mass is 79.9. The minimum absolute atomic E-state index is 0.247. The monoisotopic (exact) mass is 644 g/mol. The lowest BCUT2D eigenvalue weighted by Crippen LogP contribution is -2.32. The van der Waals surface area contributed by atoms with Gasteiger partial charge in [-0.2, -0.15) is 5.10 Å². The fraction of sp³-hybridized carbons (Fsp3) is 0.185. The Balaban J connectivity index is 1.60. The lowest BCUT2D eigenvalue weighted by atomic mass is 10.1. The Morgan fingerprint density at radius 2 is 1.61 bits per heavy atom. The number of hydrogen-bond donors (Lipinski definition) is 3. The molecule has 0 fully saturated rings. The van der Waals surface area contributed by atoms with Crippen LogP contribution in [0.3, 0.4) is 0 Å². The topological polar surface area (TPSA) is 118 Å². The number of methoxy groups -OCH3 is 1. The number of nitrogens with one attached hydrogen (secondary N) is 3. The van der Waals surface area contributed by atoms with Gasteiger partial charge in [-0.1, -0.05) is 34.1 Å². The predicted octanol–water partition coefficient (Wildman–Crippen LogP) is 5.25. The second-order valence-electron chi connectivity index (χ2n) is 8.25. The highest BCUT2D eigenvalue weighted by Gasteiger charge is 2.16. The molecule has 0 unspecified atom stereocenters. The number of hydrazone groups is 1. The number of carbonyl (C=O) groups is 3. The summed E-state index contributed by atoms with van der Waals surface area (Å²) >= 11 is 6.84. The number of rotatable bonds is 8. The van der Waals surface area contributed by atoms with Gasteiger partial charge in [0, 0.05) is 15.8 Å². The number of benzene rings is 3. The van der Waals surface area contributed by atoms with Gasteiger partial charge in [-0.05, 0) is 89.3 Å². The zero-order valence-electron chi connectivity index (χ0n) is 21.1. The van der Waals surface area contributed by atoms with Gasteiger partial charge in [-0.3, -0.25) is 14.4 Å². The van der Waals surface area contributed by atoms with Crippen molar-refractivity contribution < 1.29 is 23.9 Å². The number of ether oxygens (including phenoxy) is 2. The number of aryl methyl sites for hydroxylation is 3. The molecule has 3 amide bonds. The molecular weight excluding hydrogens is 620 g/mol. The quantitative estimate of drug-likeness (QED) is 0.176. The first kappa shape index (κ1) is 28.9. The molecule has 0 aliphatic rings. The van der Waals surface area contributed by atoms with E-state index < -0.39 is 11.8 Å². The van der Waals surface area contributed by atoms with E-state index >= 15 is 0 Å². The van der Waals surface area contributed by atoms with Crippen LogP contribution in [-0.4, -0.2) is 37.7 Å². The first-order valence-corrected chi connectivity index (χ1v) is 12.9. The van der Waals surface area contributed by atoms with Crippen LogP contribution in [0, 0.1) is 20.8 Å². The first-order chi connectivity index (χ1) is 18.1. The number of para-hydroxylation sites is 1. The van der Waals surface area contributed by atoms with E-state index in [0.29, 0.717) is 32.9 Å². The Morgan fingerprint density at radius 3 is 2.26 bits per heavy atom. The van der Waals surface area contributed by atoms with Crippen molar-refractivity contribution >= 4 is 67.2 Å². The van der Waals surface area contributed by atoms with Gasteiger partial charge in [0.1, 0.15) is 0 Å². The highest BCUT2D eigenvalue weighted by Crippen LogP contribution is 2.36. The van der Waals surface area contributed by atoms with Crippen LogP contribution in [0.15, 0.2) is 62.6 Å². The van der Waals surface area contributed by atoms with Crippen LogP contribution in [-0.2, 0) is 14.4 Å². The average molecular weight is 646 g/mol. The van der Waals surface area contributed by atoms with Crippen molar-refractivity contribution in [2.45, 2.75) is 20.8 Å². The van der Waals surface area contributed by atoms with Crippen LogP contribution in [0.2, 0.25) is 0 Å². The third kappa shape index (κ3) is 7.65. The molecule has 3 aromatic carbocycles. The number of amides is 3. The molecule has 9 nitrogen and oxygen atoms in total. The fourth-order valence-electron chi connectivity index (χ4n) is 3.41. The molecule has 0 aromatic heterocycles. The maximum Gasteiger partial charge on any atom is 0.329 e. The maximum atomic E-state index is 12.4. The van der Waals surface area contributed by atoms with Crippen molar-refractivity contribution in [3.8, 4) is 11.5 Å². The summed E-state index contributed by atoms with van der Waals surface area (Å²) in [4.78, 5) is 36.8. The summed E-state index contributed by atoms with van der Waals surface area (Å²) < 4.78 is 12.5. The third-order valence-corrected chi connectivity index (χ3v) is 6.83. The van der Waals surface area contributed by atoms with E-state index in [9.17, 15) is 14.4 Å². The minimum Gasteiger partial charge on any atom is -0.493 e. The van der Waals surface area contributed by atoms with Gasteiger partial charge in [-0.25, -0.2) is 5.43 Å². The molecule has 0 radical (unpaired) electrons. The molecule has 11 heteroatoms. The van der Waals surface area contributed by atoms with Crippen LogP contribution in [0.4, 0.5) is 11.4 Å². The minimum atomic E-state index is -0.915. The van der Waals surface area contributed by atoms with Crippen molar-refractivity contribution in [2.75, 3.05) is 24.4 Å². The van der Waals surface area contributed by atoms with Gasteiger partial charge in [0.2, 0.25) is 0 Å². The van der Waals surface area contributed by atoms with Gasteiger partial charge in [0.15, 0.2) is 18.1 Å². The smallest absolute Gasteiger partial charge is 0.329 e. The third-order valence-electron chi connectivity index (χ3n) is 5.35. The Morgan fingerprint density at radius 1 is 0.895 bits per heavy atom. The molecule has 0 heterocycles. The molecule has 38 heavy (non-hydrogen) atoms. The summed E-state index contributed by atoms with van der Waals surface area (Å²) in [5.41, 5.74) is 6.67. The number of anilines is 2. The van der Waals surface area contributed by atoms with Gasteiger partial charge in [0.05, 0.1) is 17.8 Å². The first-order valence-electron chi connectivity index (χ1n) is 11.4. The van der Waals surface area contributed by atoms with Crippen molar-refractivity contribution in [1.29, 1.82) is 0 Å². The predicted molar refractivity (Wildman–Crippen MR) is 154 cm³/mol. The zero-order valence-corrected chi connectivity index (χ0v) is 24.3. The number of halogens is 2. The molecule has 0 atom stereocenters. The Hall–Kier alpha value is -3.70. The van der Waals surface area contributed by atoms with Crippen molar-refractivity contribution in [3.63, 3.8) is 0 Å². The van der Waals surface area contributed by atoms with Crippen molar-refractivity contribution in [3.05, 3.63) is 79.7 Å². The number of hydrogen-bond acceptors (Lipinski definition) is 6. The van der Waals surface area contributed by atoms with Crippen LogP contribution in [0.1, 0.15) is 22.3 Å². The highest BCUT2D eigenvalue weighted by molar-refractivity contribution is 9.10. The van der Waals surface area contributed by atoms with Gasteiger partial charge in [-0.15, -0.1) is 0 Å². The zero-order chi connectivity index (χ0) is 27.8. The molecule has 3 aromatic rings. The molecule has 0 bridgehead atoms. The molecule has 0 aliphatic heterocycles. The summed E-state index contributed by atoms with van der Waals surface area (Å²) in [7, 11) is 1.46. The molecular formula is C27H26Br2N4O5. The lowest BCUT2D eigenvalue weighted by Gasteiger charge is -2.14. The van der Waals surface area contributed by atoms with Crippen molar-refractivity contribution in [1.82, 2.24) is 5.43 Å². The second kappa shape index (κ2) is 13.2. The number of carbonyl (C=O) groups excluding carboxylic acids is 3. The van der Waals surface area contributed by atoms with Gasteiger partial charge in [0.25, 0.3) is 5.91 Å². The van der Waals surface area contributed by atoms with Gasteiger partial charge < -0.3 is 20.1 Å². The summed E-state index contributed by atoms with van der Waals surface area (Å²) in [6, 6.07) is 14.3. The van der Waals surface area contributed by atoms with Gasteiger partial charge >= 0.3 is 11.8 Å².